The highest BCUT2D eigenvalue weighted by Crippen LogP contribution is 2.23. The highest BCUT2D eigenvalue weighted by atomic mass is 16.5. The van der Waals surface area contributed by atoms with E-state index in [1.54, 1.807) is 26.4 Å². The van der Waals surface area contributed by atoms with Gasteiger partial charge in [0.1, 0.15) is 11.5 Å². The Kier molecular flexibility index (Phi) is 7.12. The van der Waals surface area contributed by atoms with Gasteiger partial charge in [0.05, 0.1) is 14.2 Å². The average Bonchev–Trinajstić information content (AvgIpc) is 2.61. The molecule has 1 heterocycles. The largest absolute Gasteiger partial charge is 0.497 e. The molecule has 132 valence electrons. The summed E-state index contributed by atoms with van der Waals surface area (Å²) in [6.45, 7) is 5.48. The van der Waals surface area contributed by atoms with Gasteiger partial charge < -0.3 is 19.7 Å². The molecule has 0 saturated carbocycles. The minimum atomic E-state index is -0.0503. The van der Waals surface area contributed by atoms with E-state index in [1.807, 2.05) is 18.2 Å². The lowest BCUT2D eigenvalue weighted by Crippen LogP contribution is -2.44. The summed E-state index contributed by atoms with van der Waals surface area (Å²) in [4.78, 5) is 14.6. The Labute approximate surface area is 144 Å². The van der Waals surface area contributed by atoms with Gasteiger partial charge in [-0.1, -0.05) is 6.92 Å². The highest BCUT2D eigenvalue weighted by Gasteiger charge is 2.19. The fraction of sp³-hybridized carbons (Fsp3) is 0.526. The lowest BCUT2D eigenvalue weighted by Gasteiger charge is -2.31. The summed E-state index contributed by atoms with van der Waals surface area (Å²) in [7, 11) is 3.22. The second kappa shape index (κ2) is 9.33. The summed E-state index contributed by atoms with van der Waals surface area (Å²) in [6, 6.07) is 5.82. The first-order chi connectivity index (χ1) is 11.6. The number of benzene rings is 1. The molecule has 1 aliphatic heterocycles. The van der Waals surface area contributed by atoms with Gasteiger partial charge in [-0.3, -0.25) is 4.79 Å². The van der Waals surface area contributed by atoms with Crippen molar-refractivity contribution in [3.63, 3.8) is 0 Å². The van der Waals surface area contributed by atoms with Gasteiger partial charge in [0, 0.05) is 31.3 Å². The molecule has 24 heavy (non-hydrogen) atoms. The van der Waals surface area contributed by atoms with Crippen LogP contribution in [0.5, 0.6) is 11.5 Å². The van der Waals surface area contributed by atoms with Crippen LogP contribution < -0.4 is 14.8 Å². The zero-order chi connectivity index (χ0) is 17.4. The number of nitrogens with zero attached hydrogens (tertiary/aromatic N) is 1. The van der Waals surface area contributed by atoms with Gasteiger partial charge in [-0.05, 0) is 49.6 Å². The van der Waals surface area contributed by atoms with Crippen LogP contribution >= 0.6 is 0 Å². The van der Waals surface area contributed by atoms with Crippen molar-refractivity contribution >= 4 is 12.0 Å². The van der Waals surface area contributed by atoms with E-state index in [2.05, 4.69) is 17.1 Å². The highest BCUT2D eigenvalue weighted by molar-refractivity contribution is 5.92. The molecule has 1 aromatic rings. The molecule has 0 aliphatic carbocycles. The first-order valence-electron chi connectivity index (χ1n) is 8.58. The van der Waals surface area contributed by atoms with Crippen molar-refractivity contribution in [2.45, 2.75) is 32.2 Å². The first kappa shape index (κ1) is 18.3. The van der Waals surface area contributed by atoms with Crippen molar-refractivity contribution in [3.05, 3.63) is 29.8 Å². The summed E-state index contributed by atoms with van der Waals surface area (Å²) in [5.74, 6) is 1.36. The van der Waals surface area contributed by atoms with E-state index in [0.29, 0.717) is 11.5 Å². The molecule has 5 heteroatoms. The molecule has 1 aromatic carbocycles. The van der Waals surface area contributed by atoms with Crippen LogP contribution in [0.15, 0.2) is 24.3 Å². The number of ether oxygens (including phenoxy) is 2. The SMILES string of the molecule is CCCN1CCC(NC(=O)/C=C/c2cc(OC)cc(OC)c2)CC1. The number of amides is 1. The van der Waals surface area contributed by atoms with Gasteiger partial charge in [-0.25, -0.2) is 0 Å². The summed E-state index contributed by atoms with van der Waals surface area (Å²) in [5, 5.41) is 3.09. The number of hydrogen-bond acceptors (Lipinski definition) is 4. The van der Waals surface area contributed by atoms with Gasteiger partial charge in [-0.2, -0.15) is 0 Å². The minimum Gasteiger partial charge on any atom is -0.497 e. The predicted octanol–water partition coefficient (Wildman–Crippen LogP) is 2.71. The fourth-order valence-corrected chi connectivity index (χ4v) is 2.96. The van der Waals surface area contributed by atoms with Crippen LogP contribution in [0.25, 0.3) is 6.08 Å². The Balaban J connectivity index is 1.87. The van der Waals surface area contributed by atoms with Gasteiger partial charge in [0.25, 0.3) is 0 Å². The molecule has 1 amide bonds. The number of piperidine rings is 1. The van der Waals surface area contributed by atoms with Crippen molar-refractivity contribution in [3.8, 4) is 11.5 Å². The molecule has 0 aromatic heterocycles. The number of nitrogens with one attached hydrogen (secondary N) is 1. The zero-order valence-electron chi connectivity index (χ0n) is 14.9. The second-order valence-corrected chi connectivity index (χ2v) is 6.10. The van der Waals surface area contributed by atoms with E-state index in [1.165, 1.54) is 6.42 Å². The van der Waals surface area contributed by atoms with Crippen LogP contribution in [0, 0.1) is 0 Å². The van der Waals surface area contributed by atoms with Crippen LogP contribution in [0.1, 0.15) is 31.7 Å². The predicted molar refractivity (Wildman–Crippen MR) is 96.5 cm³/mol. The maximum Gasteiger partial charge on any atom is 0.244 e. The average molecular weight is 332 g/mol. The van der Waals surface area contributed by atoms with Crippen LogP contribution in [-0.2, 0) is 4.79 Å². The van der Waals surface area contributed by atoms with E-state index in [-0.39, 0.29) is 11.9 Å². The third-order valence-electron chi connectivity index (χ3n) is 4.27. The van der Waals surface area contributed by atoms with Gasteiger partial charge in [-0.15, -0.1) is 0 Å². The van der Waals surface area contributed by atoms with E-state index in [0.717, 1.165) is 38.0 Å². The molecule has 5 nitrogen and oxygen atoms in total. The Hall–Kier alpha value is -2.01. The van der Waals surface area contributed by atoms with Crippen molar-refractivity contribution in [2.75, 3.05) is 33.9 Å². The van der Waals surface area contributed by atoms with Crippen LogP contribution in [0.2, 0.25) is 0 Å². The minimum absolute atomic E-state index is 0.0503. The number of rotatable bonds is 7. The van der Waals surface area contributed by atoms with Gasteiger partial charge in [0.2, 0.25) is 5.91 Å². The summed E-state index contributed by atoms with van der Waals surface area (Å²) in [5.41, 5.74) is 0.874. The van der Waals surface area contributed by atoms with Crippen LogP contribution in [-0.4, -0.2) is 50.7 Å². The molecule has 2 rings (SSSR count). The van der Waals surface area contributed by atoms with Crippen molar-refractivity contribution in [1.82, 2.24) is 10.2 Å². The molecule has 1 fully saturated rings. The van der Waals surface area contributed by atoms with E-state index in [9.17, 15) is 4.79 Å². The third kappa shape index (κ3) is 5.57. The number of carbonyl (C=O) groups is 1. The Morgan fingerprint density at radius 3 is 2.38 bits per heavy atom. The molecule has 1 N–H and O–H groups in total. The molecule has 0 unspecified atom stereocenters. The second-order valence-electron chi connectivity index (χ2n) is 6.10. The Morgan fingerprint density at radius 2 is 1.83 bits per heavy atom. The number of likely N-dealkylation sites (tertiary alicyclic amines) is 1. The zero-order valence-corrected chi connectivity index (χ0v) is 14.9. The van der Waals surface area contributed by atoms with E-state index in [4.69, 9.17) is 9.47 Å². The normalized spacial score (nSPS) is 16.3. The van der Waals surface area contributed by atoms with Crippen LogP contribution in [0.4, 0.5) is 0 Å². The molecule has 0 spiro atoms. The maximum atomic E-state index is 12.1. The van der Waals surface area contributed by atoms with Gasteiger partial charge >= 0.3 is 0 Å². The monoisotopic (exact) mass is 332 g/mol. The molecular weight excluding hydrogens is 304 g/mol. The fourth-order valence-electron chi connectivity index (χ4n) is 2.96. The quantitative estimate of drug-likeness (QED) is 0.780. The molecule has 0 radical (unpaired) electrons. The number of carbonyl (C=O) groups excluding carboxylic acids is 1. The number of methoxy groups -OCH3 is 2. The topological polar surface area (TPSA) is 50.8 Å². The van der Waals surface area contributed by atoms with Crippen molar-refractivity contribution in [1.29, 1.82) is 0 Å². The van der Waals surface area contributed by atoms with E-state index >= 15 is 0 Å². The van der Waals surface area contributed by atoms with Crippen molar-refractivity contribution in [2.24, 2.45) is 0 Å². The third-order valence-corrected chi connectivity index (χ3v) is 4.27. The summed E-state index contributed by atoms with van der Waals surface area (Å²) >= 11 is 0. The summed E-state index contributed by atoms with van der Waals surface area (Å²) < 4.78 is 10.5. The molecule has 0 atom stereocenters. The smallest absolute Gasteiger partial charge is 0.244 e. The lowest BCUT2D eigenvalue weighted by atomic mass is 10.0. The molecule has 1 aliphatic rings. The first-order valence-corrected chi connectivity index (χ1v) is 8.58. The van der Waals surface area contributed by atoms with Gasteiger partial charge in [0.15, 0.2) is 0 Å². The maximum absolute atomic E-state index is 12.1. The number of hydrogen-bond donors (Lipinski definition) is 1. The van der Waals surface area contributed by atoms with Crippen molar-refractivity contribution < 1.29 is 14.3 Å². The lowest BCUT2D eigenvalue weighted by molar-refractivity contribution is -0.117. The molecule has 1 saturated heterocycles. The molecule has 0 bridgehead atoms. The van der Waals surface area contributed by atoms with Crippen LogP contribution in [0.3, 0.4) is 0 Å². The Bertz CT molecular complexity index is 541. The standard InChI is InChI=1S/C19H28N2O3/c1-4-9-21-10-7-16(8-11-21)20-19(22)6-5-15-12-17(23-2)14-18(13-15)24-3/h5-6,12-14,16H,4,7-11H2,1-3H3,(H,20,22)/b6-5+. The summed E-state index contributed by atoms with van der Waals surface area (Å²) in [6.07, 6.45) is 6.59. The molecular formula is C19H28N2O3. The Morgan fingerprint density at radius 1 is 1.21 bits per heavy atom. The van der Waals surface area contributed by atoms with E-state index < -0.39 is 0 Å².